The first-order valence-electron chi connectivity index (χ1n) is 7.33. The van der Waals surface area contributed by atoms with Crippen molar-refractivity contribution in [1.82, 2.24) is 14.9 Å². The quantitative estimate of drug-likeness (QED) is 0.637. The Bertz CT molecular complexity index is 696. The van der Waals surface area contributed by atoms with Crippen LogP contribution in [0.5, 0.6) is 0 Å². The second-order valence-corrected chi connectivity index (χ2v) is 5.81. The number of rotatable bonds is 4. The number of nitrogens with zero attached hydrogens (tertiary/aromatic N) is 4. The van der Waals surface area contributed by atoms with E-state index in [1.807, 2.05) is 6.20 Å². The molecular weight excluding hydrogens is 284 g/mol. The number of nitro groups is 1. The Hall–Kier alpha value is -2.28. The van der Waals surface area contributed by atoms with E-state index in [1.54, 1.807) is 6.07 Å². The van der Waals surface area contributed by atoms with Gasteiger partial charge in [-0.05, 0) is 6.07 Å². The lowest BCUT2D eigenvalue weighted by Gasteiger charge is -2.27. The van der Waals surface area contributed by atoms with Crippen molar-refractivity contribution in [3.8, 4) is 0 Å². The van der Waals surface area contributed by atoms with E-state index in [4.69, 9.17) is 4.42 Å². The van der Waals surface area contributed by atoms with Gasteiger partial charge in [0.2, 0.25) is 0 Å². The lowest BCUT2D eigenvalue weighted by molar-refractivity contribution is -0.402. The summed E-state index contributed by atoms with van der Waals surface area (Å²) in [6.07, 6.45) is 2.76. The van der Waals surface area contributed by atoms with Crippen LogP contribution in [0.3, 0.4) is 0 Å². The molecule has 0 aliphatic carbocycles. The van der Waals surface area contributed by atoms with Gasteiger partial charge in [-0.2, -0.15) is 0 Å². The van der Waals surface area contributed by atoms with Crippen LogP contribution in [0.25, 0.3) is 0 Å². The monoisotopic (exact) mass is 302 g/mol. The summed E-state index contributed by atoms with van der Waals surface area (Å²) in [7, 11) is 0. The highest BCUT2D eigenvalue weighted by Crippen LogP contribution is 2.22. The fourth-order valence-electron chi connectivity index (χ4n) is 2.57. The highest BCUT2D eigenvalue weighted by atomic mass is 16.6. The molecule has 0 unspecified atom stereocenters. The zero-order valence-corrected chi connectivity index (χ0v) is 12.7. The van der Waals surface area contributed by atoms with E-state index in [0.29, 0.717) is 18.2 Å². The smallest absolute Gasteiger partial charge is 0.404 e. The average molecular weight is 302 g/mol. The standard InChI is InChI=1S/C15H18N4O3/c1-10(2)15-16-7-11-8-18(6-5-13(11)17-15)9-12-3-4-14(22-12)19(20)21/h3-4,7,10H,5-6,8-9H2,1-2H3. The molecule has 116 valence electrons. The van der Waals surface area contributed by atoms with Crippen LogP contribution < -0.4 is 0 Å². The minimum atomic E-state index is -0.518. The topological polar surface area (TPSA) is 85.3 Å². The maximum atomic E-state index is 10.6. The van der Waals surface area contributed by atoms with Gasteiger partial charge < -0.3 is 4.42 Å². The fourth-order valence-corrected chi connectivity index (χ4v) is 2.57. The van der Waals surface area contributed by atoms with Gasteiger partial charge in [0.25, 0.3) is 0 Å². The summed E-state index contributed by atoms with van der Waals surface area (Å²) in [4.78, 5) is 21.3. The van der Waals surface area contributed by atoms with Crippen LogP contribution in [0, 0.1) is 10.1 Å². The molecule has 0 bridgehead atoms. The highest BCUT2D eigenvalue weighted by Gasteiger charge is 2.21. The Kier molecular flexibility index (Phi) is 3.89. The molecule has 7 heteroatoms. The molecule has 0 saturated carbocycles. The molecular formula is C15H18N4O3. The third-order valence-corrected chi connectivity index (χ3v) is 3.75. The van der Waals surface area contributed by atoms with Gasteiger partial charge >= 0.3 is 5.88 Å². The summed E-state index contributed by atoms with van der Waals surface area (Å²) in [6.45, 7) is 6.32. The van der Waals surface area contributed by atoms with Crippen molar-refractivity contribution in [3.63, 3.8) is 0 Å². The molecule has 0 radical (unpaired) electrons. The molecule has 0 N–H and O–H groups in total. The van der Waals surface area contributed by atoms with Crippen molar-refractivity contribution in [1.29, 1.82) is 0 Å². The van der Waals surface area contributed by atoms with Crippen LogP contribution in [0.1, 0.15) is 42.6 Å². The second-order valence-electron chi connectivity index (χ2n) is 5.81. The first-order valence-corrected chi connectivity index (χ1v) is 7.33. The van der Waals surface area contributed by atoms with Gasteiger partial charge in [0.1, 0.15) is 16.5 Å². The molecule has 0 aromatic carbocycles. The molecule has 22 heavy (non-hydrogen) atoms. The van der Waals surface area contributed by atoms with Gasteiger partial charge in [0.15, 0.2) is 0 Å². The van der Waals surface area contributed by atoms with Crippen LogP contribution in [-0.2, 0) is 19.5 Å². The van der Waals surface area contributed by atoms with E-state index in [2.05, 4.69) is 28.7 Å². The van der Waals surface area contributed by atoms with Crippen molar-refractivity contribution < 1.29 is 9.34 Å². The Morgan fingerprint density at radius 3 is 2.95 bits per heavy atom. The summed E-state index contributed by atoms with van der Waals surface area (Å²) in [6, 6.07) is 3.05. The van der Waals surface area contributed by atoms with Crippen LogP contribution in [0.2, 0.25) is 0 Å². The molecule has 2 aromatic rings. The van der Waals surface area contributed by atoms with E-state index in [1.165, 1.54) is 6.07 Å². The maximum absolute atomic E-state index is 10.6. The number of hydrogen-bond acceptors (Lipinski definition) is 6. The van der Waals surface area contributed by atoms with Gasteiger partial charge in [-0.25, -0.2) is 9.97 Å². The van der Waals surface area contributed by atoms with Gasteiger partial charge in [-0.3, -0.25) is 15.0 Å². The summed E-state index contributed by atoms with van der Waals surface area (Å²) >= 11 is 0. The number of fused-ring (bicyclic) bond motifs is 1. The van der Waals surface area contributed by atoms with Crippen molar-refractivity contribution >= 4 is 5.88 Å². The third kappa shape index (κ3) is 2.99. The van der Waals surface area contributed by atoms with Crippen LogP contribution in [0.4, 0.5) is 5.88 Å². The highest BCUT2D eigenvalue weighted by molar-refractivity contribution is 5.22. The molecule has 0 amide bonds. The minimum absolute atomic E-state index is 0.211. The van der Waals surface area contributed by atoms with Gasteiger partial charge in [-0.15, -0.1) is 0 Å². The molecule has 3 rings (SSSR count). The summed E-state index contributed by atoms with van der Waals surface area (Å²) in [5.74, 6) is 1.60. The molecule has 0 fully saturated rings. The van der Waals surface area contributed by atoms with Crippen molar-refractivity contribution in [2.24, 2.45) is 0 Å². The number of hydrogen-bond donors (Lipinski definition) is 0. The predicted octanol–water partition coefficient (Wildman–Crippen LogP) is 2.66. The van der Waals surface area contributed by atoms with E-state index in [-0.39, 0.29) is 5.88 Å². The number of aromatic nitrogens is 2. The SMILES string of the molecule is CC(C)c1ncc2c(n1)CCN(Cc1ccc([N+](=O)[O-])o1)C2. The Morgan fingerprint density at radius 1 is 1.45 bits per heavy atom. The van der Waals surface area contributed by atoms with E-state index in [0.717, 1.165) is 36.6 Å². The minimum Gasteiger partial charge on any atom is -0.404 e. The largest absolute Gasteiger partial charge is 0.433 e. The van der Waals surface area contributed by atoms with Crippen molar-refractivity contribution in [2.45, 2.75) is 39.3 Å². The molecule has 1 aliphatic rings. The predicted molar refractivity (Wildman–Crippen MR) is 79.3 cm³/mol. The van der Waals surface area contributed by atoms with E-state index >= 15 is 0 Å². The maximum Gasteiger partial charge on any atom is 0.433 e. The fraction of sp³-hybridized carbons (Fsp3) is 0.467. The molecule has 0 atom stereocenters. The normalized spacial score (nSPS) is 15.0. The summed E-state index contributed by atoms with van der Waals surface area (Å²) in [5.41, 5.74) is 2.23. The van der Waals surface area contributed by atoms with Crippen LogP contribution in [-0.4, -0.2) is 26.3 Å². The molecule has 7 nitrogen and oxygen atoms in total. The average Bonchev–Trinajstić information content (AvgIpc) is 2.95. The van der Waals surface area contributed by atoms with Crippen LogP contribution >= 0.6 is 0 Å². The first-order chi connectivity index (χ1) is 10.5. The zero-order chi connectivity index (χ0) is 15.7. The third-order valence-electron chi connectivity index (χ3n) is 3.75. The van der Waals surface area contributed by atoms with Crippen LogP contribution in [0.15, 0.2) is 22.7 Å². The van der Waals surface area contributed by atoms with Crippen molar-refractivity contribution in [2.75, 3.05) is 6.54 Å². The van der Waals surface area contributed by atoms with Gasteiger partial charge in [0, 0.05) is 42.9 Å². The lowest BCUT2D eigenvalue weighted by Crippen LogP contribution is -2.31. The molecule has 3 heterocycles. The first kappa shape index (κ1) is 14.6. The second kappa shape index (κ2) is 5.84. The zero-order valence-electron chi connectivity index (χ0n) is 12.7. The molecule has 0 spiro atoms. The Morgan fingerprint density at radius 2 is 2.27 bits per heavy atom. The molecule has 2 aromatic heterocycles. The lowest BCUT2D eigenvalue weighted by atomic mass is 10.1. The van der Waals surface area contributed by atoms with E-state index < -0.39 is 4.92 Å². The molecule has 0 saturated heterocycles. The molecule has 1 aliphatic heterocycles. The number of furan rings is 1. The van der Waals surface area contributed by atoms with Gasteiger partial charge in [0.05, 0.1) is 12.6 Å². The summed E-state index contributed by atoms with van der Waals surface area (Å²) < 4.78 is 5.21. The van der Waals surface area contributed by atoms with E-state index in [9.17, 15) is 10.1 Å². The van der Waals surface area contributed by atoms with Crippen molar-refractivity contribution in [3.05, 3.63) is 51.3 Å². The Labute approximate surface area is 128 Å². The van der Waals surface area contributed by atoms with Gasteiger partial charge in [-0.1, -0.05) is 13.8 Å². The summed E-state index contributed by atoms with van der Waals surface area (Å²) in [5, 5.41) is 10.6. The Balaban J connectivity index is 1.70.